The van der Waals surface area contributed by atoms with E-state index in [0.717, 1.165) is 41.8 Å². The van der Waals surface area contributed by atoms with Gasteiger partial charge in [-0.1, -0.05) is 17.7 Å². The molecule has 4 N–H and O–H groups in total. The maximum absolute atomic E-state index is 11.9. The van der Waals surface area contributed by atoms with Gasteiger partial charge < -0.3 is 11.1 Å². The van der Waals surface area contributed by atoms with E-state index < -0.39 is 0 Å². The van der Waals surface area contributed by atoms with E-state index in [0.29, 0.717) is 5.02 Å². The van der Waals surface area contributed by atoms with E-state index in [-0.39, 0.29) is 17.5 Å². The maximum atomic E-state index is 11.9. The predicted molar refractivity (Wildman–Crippen MR) is 88.0 cm³/mol. The first-order chi connectivity index (χ1) is 10.5. The smallest absolute Gasteiger partial charge is 0.255 e. The minimum Gasteiger partial charge on any atom is -0.369 e. The first-order valence-corrected chi connectivity index (χ1v) is 7.41. The SMILES string of the molecule is Cc1c(Cl)cccc1N/C(N)=N/c1nc2c(c(=O)[nH]1)CCC2. The Morgan fingerprint density at radius 3 is 3.09 bits per heavy atom. The Morgan fingerprint density at radius 1 is 1.45 bits per heavy atom. The quantitative estimate of drug-likeness (QED) is 0.585. The highest BCUT2D eigenvalue weighted by Crippen LogP contribution is 2.23. The second-order valence-corrected chi connectivity index (χ2v) is 5.61. The van der Waals surface area contributed by atoms with Gasteiger partial charge >= 0.3 is 0 Å². The van der Waals surface area contributed by atoms with Crippen molar-refractivity contribution in [1.82, 2.24) is 9.97 Å². The molecular formula is C15H16ClN5O. The predicted octanol–water partition coefficient (Wildman–Crippen LogP) is 2.28. The molecule has 0 saturated heterocycles. The Hall–Kier alpha value is -2.34. The molecule has 1 aromatic heterocycles. The zero-order valence-electron chi connectivity index (χ0n) is 12.1. The van der Waals surface area contributed by atoms with Crippen molar-refractivity contribution in [3.63, 3.8) is 0 Å². The summed E-state index contributed by atoms with van der Waals surface area (Å²) in [5.41, 5.74) is 8.96. The lowest BCUT2D eigenvalue weighted by molar-refractivity contribution is 0.898. The number of hydrogen-bond donors (Lipinski definition) is 3. The number of nitrogens with one attached hydrogen (secondary N) is 2. The molecule has 0 saturated carbocycles. The standard InChI is InChI=1S/C15H16ClN5O/c1-8-10(16)5-3-6-11(8)18-14(17)21-15-19-12-7-2-4-9(12)13(22)20-15/h3,5-6H,2,4,7H2,1H3,(H4,17,18,19,20,21,22). The largest absolute Gasteiger partial charge is 0.369 e. The molecule has 0 unspecified atom stereocenters. The number of aliphatic imine (C=N–C) groups is 1. The third kappa shape index (κ3) is 2.82. The van der Waals surface area contributed by atoms with Gasteiger partial charge in [0, 0.05) is 16.3 Å². The number of nitrogens with zero attached hydrogens (tertiary/aromatic N) is 2. The molecule has 0 aliphatic heterocycles. The van der Waals surface area contributed by atoms with Crippen LogP contribution in [-0.4, -0.2) is 15.9 Å². The Labute approximate surface area is 132 Å². The van der Waals surface area contributed by atoms with Crippen LogP contribution < -0.4 is 16.6 Å². The molecule has 0 bridgehead atoms. The molecule has 114 valence electrons. The van der Waals surface area contributed by atoms with E-state index in [9.17, 15) is 4.79 Å². The van der Waals surface area contributed by atoms with Crippen molar-refractivity contribution in [3.05, 3.63) is 50.4 Å². The number of rotatable bonds is 2. The Morgan fingerprint density at radius 2 is 2.27 bits per heavy atom. The first kappa shape index (κ1) is 14.6. The zero-order chi connectivity index (χ0) is 15.7. The van der Waals surface area contributed by atoms with Crippen LogP contribution in [0.4, 0.5) is 11.6 Å². The third-order valence-corrected chi connectivity index (χ3v) is 4.10. The molecule has 0 radical (unpaired) electrons. The van der Waals surface area contributed by atoms with Gasteiger partial charge in [0.05, 0.1) is 5.69 Å². The van der Waals surface area contributed by atoms with Crippen molar-refractivity contribution in [2.45, 2.75) is 26.2 Å². The molecule has 7 heteroatoms. The van der Waals surface area contributed by atoms with Gasteiger partial charge in [-0.15, -0.1) is 0 Å². The van der Waals surface area contributed by atoms with Crippen LogP contribution in [-0.2, 0) is 12.8 Å². The first-order valence-electron chi connectivity index (χ1n) is 7.03. The number of aryl methyl sites for hydroxylation is 1. The minimum atomic E-state index is -0.131. The van der Waals surface area contributed by atoms with Crippen molar-refractivity contribution in [1.29, 1.82) is 0 Å². The van der Waals surface area contributed by atoms with Crippen molar-refractivity contribution >= 4 is 29.2 Å². The summed E-state index contributed by atoms with van der Waals surface area (Å²) in [7, 11) is 0. The fourth-order valence-electron chi connectivity index (χ4n) is 2.50. The van der Waals surface area contributed by atoms with Crippen molar-refractivity contribution in [2.24, 2.45) is 10.7 Å². The summed E-state index contributed by atoms with van der Waals surface area (Å²) < 4.78 is 0. The van der Waals surface area contributed by atoms with Gasteiger partial charge in [0.2, 0.25) is 11.9 Å². The number of nitrogens with two attached hydrogens (primary N) is 1. The maximum Gasteiger partial charge on any atom is 0.255 e. The summed E-state index contributed by atoms with van der Waals surface area (Å²) in [5, 5.41) is 3.61. The van der Waals surface area contributed by atoms with Crippen molar-refractivity contribution < 1.29 is 0 Å². The Kier molecular flexibility index (Phi) is 3.85. The molecule has 0 fully saturated rings. The fourth-order valence-corrected chi connectivity index (χ4v) is 2.68. The van der Waals surface area contributed by atoms with Gasteiger partial charge in [-0.25, -0.2) is 4.98 Å². The van der Waals surface area contributed by atoms with Gasteiger partial charge in [-0.05, 0) is 43.9 Å². The van der Waals surface area contributed by atoms with Crippen LogP contribution in [0.2, 0.25) is 5.02 Å². The summed E-state index contributed by atoms with van der Waals surface area (Å²) in [4.78, 5) is 23.1. The summed E-state index contributed by atoms with van der Waals surface area (Å²) in [6.07, 6.45) is 2.54. The molecule has 3 rings (SSSR count). The molecule has 22 heavy (non-hydrogen) atoms. The highest BCUT2D eigenvalue weighted by Gasteiger charge is 2.17. The highest BCUT2D eigenvalue weighted by atomic mass is 35.5. The van der Waals surface area contributed by atoms with Gasteiger partial charge in [0.15, 0.2) is 0 Å². The van der Waals surface area contributed by atoms with Crippen LogP contribution >= 0.6 is 11.6 Å². The van der Waals surface area contributed by atoms with Crippen molar-refractivity contribution in [2.75, 3.05) is 5.32 Å². The summed E-state index contributed by atoms with van der Waals surface area (Å²) in [6.45, 7) is 1.88. The lowest BCUT2D eigenvalue weighted by Gasteiger charge is -2.09. The van der Waals surface area contributed by atoms with Crippen LogP contribution in [0.5, 0.6) is 0 Å². The average Bonchev–Trinajstić information content (AvgIpc) is 2.93. The molecule has 2 aromatic rings. The van der Waals surface area contributed by atoms with Gasteiger partial charge in [-0.2, -0.15) is 4.99 Å². The molecule has 0 amide bonds. The van der Waals surface area contributed by atoms with Crippen LogP contribution in [0.1, 0.15) is 23.2 Å². The Bertz CT molecular complexity index is 812. The minimum absolute atomic E-state index is 0.131. The van der Waals surface area contributed by atoms with E-state index in [1.54, 1.807) is 6.07 Å². The molecule has 1 aliphatic carbocycles. The van der Waals surface area contributed by atoms with Gasteiger partial charge in [0.1, 0.15) is 0 Å². The van der Waals surface area contributed by atoms with E-state index in [1.165, 1.54) is 0 Å². The normalized spacial score (nSPS) is 14.0. The van der Waals surface area contributed by atoms with Crippen LogP contribution in [0.25, 0.3) is 0 Å². The van der Waals surface area contributed by atoms with Crippen LogP contribution in [0, 0.1) is 6.92 Å². The monoisotopic (exact) mass is 317 g/mol. The van der Waals surface area contributed by atoms with Gasteiger partial charge in [-0.3, -0.25) is 9.78 Å². The lowest BCUT2D eigenvalue weighted by Crippen LogP contribution is -2.23. The zero-order valence-corrected chi connectivity index (χ0v) is 12.9. The van der Waals surface area contributed by atoms with Crippen molar-refractivity contribution in [3.8, 4) is 0 Å². The molecule has 1 aromatic carbocycles. The summed E-state index contributed by atoms with van der Waals surface area (Å²) in [6, 6.07) is 5.47. The number of benzene rings is 1. The summed E-state index contributed by atoms with van der Waals surface area (Å²) >= 11 is 6.06. The second-order valence-electron chi connectivity index (χ2n) is 5.20. The molecule has 0 spiro atoms. The van der Waals surface area contributed by atoms with E-state index in [2.05, 4.69) is 20.3 Å². The van der Waals surface area contributed by atoms with E-state index in [1.807, 2.05) is 19.1 Å². The fraction of sp³-hybridized carbons (Fsp3) is 0.267. The van der Waals surface area contributed by atoms with Crippen LogP contribution in [0.15, 0.2) is 28.0 Å². The molecule has 6 nitrogen and oxygen atoms in total. The number of halogens is 1. The number of aromatic nitrogens is 2. The number of fused-ring (bicyclic) bond motifs is 1. The number of H-pyrrole nitrogens is 1. The second kappa shape index (κ2) is 5.81. The number of guanidine groups is 1. The van der Waals surface area contributed by atoms with Gasteiger partial charge in [0.25, 0.3) is 5.56 Å². The molecule has 1 aliphatic rings. The summed E-state index contributed by atoms with van der Waals surface area (Å²) in [5.74, 6) is 0.363. The molecular weight excluding hydrogens is 302 g/mol. The third-order valence-electron chi connectivity index (χ3n) is 3.69. The van der Waals surface area contributed by atoms with Crippen LogP contribution in [0.3, 0.4) is 0 Å². The Balaban J connectivity index is 1.88. The molecule has 0 atom stereocenters. The molecule has 1 heterocycles. The highest BCUT2D eigenvalue weighted by molar-refractivity contribution is 6.31. The number of aromatic amines is 1. The average molecular weight is 318 g/mol. The number of anilines is 1. The van der Waals surface area contributed by atoms with E-state index in [4.69, 9.17) is 17.3 Å². The van der Waals surface area contributed by atoms with E-state index >= 15 is 0 Å². The number of hydrogen-bond acceptors (Lipinski definition) is 3. The lowest BCUT2D eigenvalue weighted by atomic mass is 10.2. The topological polar surface area (TPSA) is 96.2 Å².